The summed E-state index contributed by atoms with van der Waals surface area (Å²) in [5.74, 6) is 0.950. The van der Waals surface area contributed by atoms with Crippen molar-refractivity contribution in [1.29, 1.82) is 0 Å². The Bertz CT molecular complexity index is 504. The summed E-state index contributed by atoms with van der Waals surface area (Å²) in [6, 6.07) is 0. The van der Waals surface area contributed by atoms with E-state index in [0.717, 1.165) is 51.2 Å². The molecule has 0 aromatic heterocycles. The molecule has 2 aliphatic rings. The van der Waals surface area contributed by atoms with Gasteiger partial charge in [0, 0.05) is 53.2 Å². The summed E-state index contributed by atoms with van der Waals surface area (Å²) in [6.07, 6.45) is 5.12. The molecule has 2 N–H and O–H groups in total. The number of amides is 1. The van der Waals surface area contributed by atoms with Gasteiger partial charge in [-0.15, -0.1) is 0 Å². The number of aliphatic imine (C=N–C) groups is 1. The molecule has 1 heterocycles. The molecule has 2 rings (SSSR count). The molecule has 1 spiro atoms. The largest absolute Gasteiger partial charge is 0.382 e. The van der Waals surface area contributed by atoms with Gasteiger partial charge in [0.1, 0.15) is 12.6 Å². The van der Waals surface area contributed by atoms with Crippen LogP contribution in [0, 0.1) is 5.92 Å². The molecule has 8 heteroatoms. The Morgan fingerprint density at radius 2 is 2.04 bits per heavy atom. The minimum absolute atomic E-state index is 0.00613. The van der Waals surface area contributed by atoms with E-state index in [1.807, 2.05) is 6.92 Å². The van der Waals surface area contributed by atoms with Crippen LogP contribution in [-0.2, 0) is 19.0 Å². The molecule has 2 fully saturated rings. The van der Waals surface area contributed by atoms with Gasteiger partial charge in [0.05, 0.1) is 6.61 Å². The van der Waals surface area contributed by atoms with Crippen LogP contribution in [-0.4, -0.2) is 82.2 Å². The van der Waals surface area contributed by atoms with Crippen molar-refractivity contribution < 1.29 is 19.0 Å². The standard InChI is InChI=1S/C20H38N4O4/c1-5-26-12-6-11-21-19(23-14-18(25)24(3)4)22-13-17-15-27-20(28-17)9-7-16(2)8-10-20/h16-17H,5-15H2,1-4H3,(H2,21,22,23). The Morgan fingerprint density at radius 1 is 1.29 bits per heavy atom. The normalized spacial score (nSPS) is 27.8. The Balaban J connectivity index is 1.80. The van der Waals surface area contributed by atoms with Crippen molar-refractivity contribution >= 4 is 11.9 Å². The lowest BCUT2D eigenvalue weighted by molar-refractivity contribution is -0.191. The molecule has 0 bridgehead atoms. The molecule has 1 aliphatic heterocycles. The van der Waals surface area contributed by atoms with E-state index in [1.54, 1.807) is 14.1 Å². The molecule has 1 saturated heterocycles. The van der Waals surface area contributed by atoms with E-state index in [1.165, 1.54) is 4.90 Å². The van der Waals surface area contributed by atoms with Crippen molar-refractivity contribution in [1.82, 2.24) is 15.5 Å². The highest BCUT2D eigenvalue weighted by atomic mass is 16.7. The number of hydrogen-bond donors (Lipinski definition) is 2. The summed E-state index contributed by atoms with van der Waals surface area (Å²) in [7, 11) is 3.46. The second-order valence-corrected chi connectivity index (χ2v) is 7.96. The van der Waals surface area contributed by atoms with Gasteiger partial charge in [-0.2, -0.15) is 0 Å². The first-order chi connectivity index (χ1) is 13.4. The summed E-state index contributed by atoms with van der Waals surface area (Å²) in [6.45, 7) is 7.72. The van der Waals surface area contributed by atoms with Crippen LogP contribution < -0.4 is 10.6 Å². The van der Waals surface area contributed by atoms with E-state index in [2.05, 4.69) is 22.5 Å². The SMILES string of the molecule is CCOCCCNC(=NCC(=O)N(C)C)NCC1COC2(CCC(C)CC2)O1. The predicted octanol–water partition coefficient (Wildman–Crippen LogP) is 1.36. The zero-order chi connectivity index (χ0) is 20.4. The Labute approximate surface area is 169 Å². The van der Waals surface area contributed by atoms with Gasteiger partial charge in [-0.25, -0.2) is 4.99 Å². The number of ether oxygens (including phenoxy) is 3. The molecule has 1 amide bonds. The number of nitrogens with zero attached hydrogens (tertiary/aromatic N) is 2. The molecule has 0 aromatic carbocycles. The third-order valence-electron chi connectivity index (χ3n) is 5.28. The van der Waals surface area contributed by atoms with Gasteiger partial charge in [-0.05, 0) is 32.1 Å². The van der Waals surface area contributed by atoms with Crippen molar-refractivity contribution in [2.45, 2.75) is 57.8 Å². The van der Waals surface area contributed by atoms with Crippen LogP contribution in [0.5, 0.6) is 0 Å². The molecule has 0 aromatic rings. The summed E-state index contributed by atoms with van der Waals surface area (Å²) in [5.41, 5.74) is 0. The molecule has 28 heavy (non-hydrogen) atoms. The molecule has 1 saturated carbocycles. The third-order valence-corrected chi connectivity index (χ3v) is 5.28. The Hall–Kier alpha value is -1.38. The highest BCUT2D eigenvalue weighted by Gasteiger charge is 2.43. The minimum atomic E-state index is -0.387. The summed E-state index contributed by atoms with van der Waals surface area (Å²) in [5, 5.41) is 6.57. The van der Waals surface area contributed by atoms with E-state index < -0.39 is 0 Å². The molecule has 1 aliphatic carbocycles. The van der Waals surface area contributed by atoms with Crippen molar-refractivity contribution in [3.63, 3.8) is 0 Å². The molecular formula is C20H38N4O4. The molecule has 8 nitrogen and oxygen atoms in total. The van der Waals surface area contributed by atoms with Crippen molar-refractivity contribution in [3.05, 3.63) is 0 Å². The van der Waals surface area contributed by atoms with E-state index >= 15 is 0 Å². The molecular weight excluding hydrogens is 360 g/mol. The van der Waals surface area contributed by atoms with Crippen LogP contribution in [0.25, 0.3) is 0 Å². The fourth-order valence-electron chi connectivity index (χ4n) is 3.38. The number of guanidine groups is 1. The van der Waals surface area contributed by atoms with Gasteiger partial charge in [-0.1, -0.05) is 6.92 Å². The lowest BCUT2D eigenvalue weighted by Gasteiger charge is -2.34. The smallest absolute Gasteiger partial charge is 0.243 e. The zero-order valence-corrected chi connectivity index (χ0v) is 18.0. The second-order valence-electron chi connectivity index (χ2n) is 7.96. The van der Waals surface area contributed by atoms with Gasteiger partial charge in [0.15, 0.2) is 11.7 Å². The van der Waals surface area contributed by atoms with E-state index in [-0.39, 0.29) is 24.3 Å². The number of rotatable bonds is 9. The molecule has 0 radical (unpaired) electrons. The van der Waals surface area contributed by atoms with Gasteiger partial charge in [-0.3, -0.25) is 4.79 Å². The van der Waals surface area contributed by atoms with Crippen LogP contribution >= 0.6 is 0 Å². The lowest BCUT2D eigenvalue weighted by atomic mass is 9.86. The minimum Gasteiger partial charge on any atom is -0.382 e. The van der Waals surface area contributed by atoms with Crippen molar-refractivity contribution in [2.24, 2.45) is 10.9 Å². The Morgan fingerprint density at radius 3 is 2.71 bits per heavy atom. The average Bonchev–Trinajstić information content (AvgIpc) is 3.08. The first-order valence-corrected chi connectivity index (χ1v) is 10.6. The van der Waals surface area contributed by atoms with Crippen LogP contribution in [0.1, 0.15) is 46.0 Å². The van der Waals surface area contributed by atoms with Crippen LogP contribution in [0.2, 0.25) is 0 Å². The zero-order valence-electron chi connectivity index (χ0n) is 18.0. The predicted molar refractivity (Wildman–Crippen MR) is 109 cm³/mol. The molecule has 1 unspecified atom stereocenters. The van der Waals surface area contributed by atoms with E-state index in [4.69, 9.17) is 14.2 Å². The maximum absolute atomic E-state index is 11.9. The topological polar surface area (TPSA) is 84.4 Å². The summed E-state index contributed by atoms with van der Waals surface area (Å²) < 4.78 is 17.6. The van der Waals surface area contributed by atoms with Gasteiger partial charge >= 0.3 is 0 Å². The fraction of sp³-hybridized carbons (Fsp3) is 0.900. The van der Waals surface area contributed by atoms with Gasteiger partial charge < -0.3 is 29.7 Å². The van der Waals surface area contributed by atoms with Gasteiger partial charge in [0.2, 0.25) is 5.91 Å². The lowest BCUT2D eigenvalue weighted by Crippen LogP contribution is -2.43. The highest BCUT2D eigenvalue weighted by molar-refractivity contribution is 5.84. The number of likely N-dealkylation sites (N-methyl/N-ethyl adjacent to an activating group) is 1. The summed E-state index contributed by atoms with van der Waals surface area (Å²) >= 11 is 0. The molecule has 1 atom stereocenters. The van der Waals surface area contributed by atoms with Crippen LogP contribution in [0.4, 0.5) is 0 Å². The number of nitrogens with one attached hydrogen (secondary N) is 2. The van der Waals surface area contributed by atoms with Crippen molar-refractivity contribution in [3.8, 4) is 0 Å². The number of hydrogen-bond acceptors (Lipinski definition) is 5. The van der Waals surface area contributed by atoms with Crippen LogP contribution in [0.15, 0.2) is 4.99 Å². The number of carbonyl (C=O) groups excluding carboxylic acids is 1. The van der Waals surface area contributed by atoms with Gasteiger partial charge in [0.25, 0.3) is 0 Å². The average molecular weight is 399 g/mol. The van der Waals surface area contributed by atoms with E-state index in [9.17, 15) is 4.79 Å². The van der Waals surface area contributed by atoms with Crippen LogP contribution in [0.3, 0.4) is 0 Å². The third kappa shape index (κ3) is 7.56. The van der Waals surface area contributed by atoms with E-state index in [0.29, 0.717) is 25.7 Å². The molecule has 162 valence electrons. The maximum Gasteiger partial charge on any atom is 0.243 e. The maximum atomic E-state index is 11.9. The summed E-state index contributed by atoms with van der Waals surface area (Å²) in [4.78, 5) is 17.8. The van der Waals surface area contributed by atoms with Crippen molar-refractivity contribution in [2.75, 3.05) is 53.6 Å². The number of carbonyl (C=O) groups is 1. The fourth-order valence-corrected chi connectivity index (χ4v) is 3.38. The monoisotopic (exact) mass is 398 g/mol. The highest BCUT2D eigenvalue weighted by Crippen LogP contribution is 2.39. The quantitative estimate of drug-likeness (QED) is 0.347. The Kier molecular flexibility index (Phi) is 9.47. The first-order valence-electron chi connectivity index (χ1n) is 10.6. The first kappa shape index (κ1) is 22.9. The second kappa shape index (κ2) is 11.6.